The van der Waals surface area contributed by atoms with Crippen LogP contribution in [0.4, 0.5) is 13.2 Å². The number of halogens is 3. The molecular weight excluding hydrogens is 295 g/mol. The molecule has 0 fully saturated rings. The summed E-state index contributed by atoms with van der Waals surface area (Å²) in [5, 5.41) is 0. The third-order valence-corrected chi connectivity index (χ3v) is 3.47. The van der Waals surface area contributed by atoms with E-state index >= 15 is 0 Å². The van der Waals surface area contributed by atoms with E-state index in [4.69, 9.17) is 0 Å². The molecular formula is C15H18F3N3O. The Balaban J connectivity index is 2.35. The zero-order valence-electron chi connectivity index (χ0n) is 12.5. The average Bonchev–Trinajstić information content (AvgIpc) is 2.83. The first-order valence-electron chi connectivity index (χ1n) is 7.11. The minimum absolute atomic E-state index is 0.235. The minimum Gasteiger partial charge on any atom is -0.344 e. The molecule has 0 aliphatic heterocycles. The van der Waals surface area contributed by atoms with Crippen LogP contribution in [0, 0.1) is 0 Å². The molecule has 0 bridgehead atoms. The van der Waals surface area contributed by atoms with Crippen molar-refractivity contribution in [2.24, 2.45) is 0 Å². The predicted octanol–water partition coefficient (Wildman–Crippen LogP) is 3.31. The molecule has 0 aliphatic carbocycles. The Kier molecular flexibility index (Phi) is 4.73. The van der Waals surface area contributed by atoms with E-state index in [1.165, 1.54) is 17.0 Å². The summed E-state index contributed by atoms with van der Waals surface area (Å²) in [5.74, 6) is -1.40. The van der Waals surface area contributed by atoms with E-state index in [-0.39, 0.29) is 18.0 Å². The Hall–Kier alpha value is -2.05. The van der Waals surface area contributed by atoms with Crippen LogP contribution >= 0.6 is 0 Å². The van der Waals surface area contributed by atoms with Gasteiger partial charge in [-0.15, -0.1) is 0 Å². The number of aromatic nitrogens is 2. The molecule has 0 aliphatic rings. The predicted molar refractivity (Wildman–Crippen MR) is 77.3 cm³/mol. The van der Waals surface area contributed by atoms with Crippen LogP contribution < -0.4 is 0 Å². The van der Waals surface area contributed by atoms with Crippen molar-refractivity contribution >= 4 is 16.9 Å². The van der Waals surface area contributed by atoms with E-state index in [1.54, 1.807) is 19.2 Å². The molecule has 120 valence electrons. The standard InChI is InChI=1S/C15H18F3N3O/c1-3-4-9-20(2)13(22)10-21-12-8-6-5-7-11(12)19-14(21)15(16,17)18/h5-8H,3-4,9-10H2,1-2H3. The summed E-state index contributed by atoms with van der Waals surface area (Å²) >= 11 is 0. The molecule has 4 nitrogen and oxygen atoms in total. The molecule has 0 radical (unpaired) electrons. The highest BCUT2D eigenvalue weighted by atomic mass is 19.4. The number of fused-ring (bicyclic) bond motifs is 1. The van der Waals surface area contributed by atoms with Crippen LogP contribution in [0.15, 0.2) is 24.3 Å². The lowest BCUT2D eigenvalue weighted by Crippen LogP contribution is -2.32. The van der Waals surface area contributed by atoms with Gasteiger partial charge in [-0.3, -0.25) is 4.79 Å². The second-order valence-corrected chi connectivity index (χ2v) is 5.18. The molecule has 0 unspecified atom stereocenters. The van der Waals surface area contributed by atoms with Gasteiger partial charge in [-0.1, -0.05) is 25.5 Å². The maximum atomic E-state index is 13.1. The lowest BCUT2D eigenvalue weighted by Gasteiger charge is -2.18. The molecule has 2 aromatic rings. The number of alkyl halides is 3. The van der Waals surface area contributed by atoms with Crippen molar-refractivity contribution in [3.05, 3.63) is 30.1 Å². The molecule has 2 rings (SSSR count). The zero-order valence-corrected chi connectivity index (χ0v) is 12.5. The van der Waals surface area contributed by atoms with Gasteiger partial charge >= 0.3 is 6.18 Å². The van der Waals surface area contributed by atoms with Gasteiger partial charge in [0.2, 0.25) is 11.7 Å². The van der Waals surface area contributed by atoms with Crippen LogP contribution in [-0.4, -0.2) is 34.0 Å². The average molecular weight is 313 g/mol. The van der Waals surface area contributed by atoms with Crippen LogP contribution in [0.3, 0.4) is 0 Å². The SMILES string of the molecule is CCCCN(C)C(=O)Cn1c(C(F)(F)F)nc2ccccc21. The Bertz CT molecular complexity index is 664. The third kappa shape index (κ3) is 3.40. The number of hydrogen-bond donors (Lipinski definition) is 0. The Morgan fingerprint density at radius 1 is 1.32 bits per heavy atom. The number of rotatable bonds is 5. The fourth-order valence-electron chi connectivity index (χ4n) is 2.23. The third-order valence-electron chi connectivity index (χ3n) is 3.47. The van der Waals surface area contributed by atoms with Crippen molar-refractivity contribution in [2.45, 2.75) is 32.5 Å². The first kappa shape index (κ1) is 16.3. The van der Waals surface area contributed by atoms with E-state index < -0.39 is 12.0 Å². The summed E-state index contributed by atoms with van der Waals surface area (Å²) in [6.45, 7) is 2.16. The van der Waals surface area contributed by atoms with Crippen molar-refractivity contribution in [1.29, 1.82) is 0 Å². The van der Waals surface area contributed by atoms with Crippen molar-refractivity contribution in [3.63, 3.8) is 0 Å². The Labute approximate surface area is 126 Å². The van der Waals surface area contributed by atoms with Crippen LogP contribution in [0.5, 0.6) is 0 Å². The van der Waals surface area contributed by atoms with Gasteiger partial charge in [0, 0.05) is 13.6 Å². The van der Waals surface area contributed by atoms with Crippen LogP contribution in [0.1, 0.15) is 25.6 Å². The van der Waals surface area contributed by atoms with Gasteiger partial charge < -0.3 is 9.47 Å². The number of hydrogen-bond acceptors (Lipinski definition) is 2. The number of amides is 1. The smallest absolute Gasteiger partial charge is 0.344 e. The maximum absolute atomic E-state index is 13.1. The second kappa shape index (κ2) is 6.37. The van der Waals surface area contributed by atoms with Gasteiger partial charge in [0.25, 0.3) is 0 Å². The topological polar surface area (TPSA) is 38.1 Å². The first-order valence-corrected chi connectivity index (χ1v) is 7.11. The van der Waals surface area contributed by atoms with Gasteiger partial charge in [0.1, 0.15) is 6.54 Å². The highest BCUT2D eigenvalue weighted by Gasteiger charge is 2.38. The molecule has 0 spiro atoms. The lowest BCUT2D eigenvalue weighted by molar-refractivity contribution is -0.148. The first-order chi connectivity index (χ1) is 10.3. The van der Waals surface area contributed by atoms with Crippen molar-refractivity contribution in [1.82, 2.24) is 14.5 Å². The number of benzene rings is 1. The van der Waals surface area contributed by atoms with Gasteiger partial charge in [-0.05, 0) is 18.6 Å². The summed E-state index contributed by atoms with van der Waals surface area (Å²) < 4.78 is 40.3. The number of para-hydroxylation sites is 2. The van der Waals surface area contributed by atoms with E-state index in [0.717, 1.165) is 17.4 Å². The largest absolute Gasteiger partial charge is 0.449 e. The normalized spacial score (nSPS) is 11.9. The van der Waals surface area contributed by atoms with Crippen LogP contribution in [-0.2, 0) is 17.5 Å². The summed E-state index contributed by atoms with van der Waals surface area (Å²) in [7, 11) is 1.60. The Morgan fingerprint density at radius 2 is 2.00 bits per heavy atom. The molecule has 1 aromatic carbocycles. The Morgan fingerprint density at radius 3 is 2.64 bits per heavy atom. The second-order valence-electron chi connectivity index (χ2n) is 5.18. The molecule has 1 aromatic heterocycles. The van der Waals surface area contributed by atoms with Crippen LogP contribution in [0.2, 0.25) is 0 Å². The number of carbonyl (C=O) groups is 1. The van der Waals surface area contributed by atoms with Gasteiger partial charge in [0.15, 0.2) is 0 Å². The molecule has 0 saturated carbocycles. The van der Waals surface area contributed by atoms with Crippen LogP contribution in [0.25, 0.3) is 11.0 Å². The van der Waals surface area contributed by atoms with Gasteiger partial charge in [-0.2, -0.15) is 13.2 Å². The van der Waals surface area contributed by atoms with E-state index in [2.05, 4.69) is 4.98 Å². The van der Waals surface area contributed by atoms with Gasteiger partial charge in [-0.25, -0.2) is 4.98 Å². The summed E-state index contributed by atoms with van der Waals surface area (Å²) in [6.07, 6.45) is -2.86. The van der Waals surface area contributed by atoms with Crippen molar-refractivity contribution < 1.29 is 18.0 Å². The molecule has 0 N–H and O–H groups in total. The lowest BCUT2D eigenvalue weighted by atomic mass is 10.3. The monoisotopic (exact) mass is 313 g/mol. The zero-order chi connectivity index (χ0) is 16.3. The number of unbranched alkanes of at least 4 members (excludes halogenated alkanes) is 1. The highest BCUT2D eigenvalue weighted by Crippen LogP contribution is 2.31. The van der Waals surface area contributed by atoms with Crippen molar-refractivity contribution in [3.8, 4) is 0 Å². The summed E-state index contributed by atoms with van der Waals surface area (Å²) in [5.41, 5.74) is 0.547. The van der Waals surface area contributed by atoms with Crippen molar-refractivity contribution in [2.75, 3.05) is 13.6 Å². The molecule has 1 amide bonds. The highest BCUT2D eigenvalue weighted by molar-refractivity contribution is 5.81. The summed E-state index contributed by atoms with van der Waals surface area (Å²) in [4.78, 5) is 17.2. The van der Waals surface area contributed by atoms with Gasteiger partial charge in [0.05, 0.1) is 11.0 Å². The minimum atomic E-state index is -4.60. The van der Waals surface area contributed by atoms with E-state index in [0.29, 0.717) is 12.1 Å². The van der Waals surface area contributed by atoms with E-state index in [1.807, 2.05) is 6.92 Å². The quantitative estimate of drug-likeness (QED) is 0.849. The fourth-order valence-corrected chi connectivity index (χ4v) is 2.23. The molecule has 7 heteroatoms. The summed E-state index contributed by atoms with van der Waals surface area (Å²) in [6, 6.07) is 6.30. The molecule has 0 atom stereocenters. The number of likely N-dealkylation sites (N-methyl/N-ethyl adjacent to an activating group) is 1. The maximum Gasteiger partial charge on any atom is 0.449 e. The van der Waals surface area contributed by atoms with E-state index in [9.17, 15) is 18.0 Å². The molecule has 1 heterocycles. The molecule has 22 heavy (non-hydrogen) atoms. The fraction of sp³-hybridized carbons (Fsp3) is 0.467. The molecule has 0 saturated heterocycles. The number of carbonyl (C=O) groups excluding carboxylic acids is 1. The number of imidazole rings is 1. The number of nitrogens with zero attached hydrogens (tertiary/aromatic N) is 3.